The number of anilines is 1. The van der Waals surface area contributed by atoms with Gasteiger partial charge in [0.15, 0.2) is 28.2 Å². The zero-order valence-electron chi connectivity index (χ0n) is 23.1. The van der Waals surface area contributed by atoms with Gasteiger partial charge in [0.2, 0.25) is 0 Å². The highest BCUT2D eigenvalue weighted by Crippen LogP contribution is 2.22. The van der Waals surface area contributed by atoms with Gasteiger partial charge in [-0.1, -0.05) is 0 Å². The number of H-pyrrole nitrogens is 1. The fraction of sp³-hybridized carbons (Fsp3) is 0.444. The number of fused-ring (bicyclic) bond motifs is 2. The van der Waals surface area contributed by atoms with Crippen LogP contribution in [0.2, 0.25) is 0 Å². The Kier molecular flexibility index (Phi) is 8.22. The number of nitrogens with one attached hydrogen (secondary N) is 3. The zero-order valence-corrected chi connectivity index (χ0v) is 23.1. The molecule has 0 aliphatic heterocycles. The molecule has 12 heteroatoms. The summed E-state index contributed by atoms with van der Waals surface area (Å²) in [6, 6.07) is 7.70. The topological polar surface area (TPSA) is 153 Å². The van der Waals surface area contributed by atoms with Gasteiger partial charge in [-0.15, -0.1) is 0 Å². The highest BCUT2D eigenvalue weighted by molar-refractivity contribution is 5.98. The van der Waals surface area contributed by atoms with Crippen LogP contribution in [0.1, 0.15) is 57.4 Å². The lowest BCUT2D eigenvalue weighted by Gasteiger charge is -2.19. The number of aromatic amines is 1. The smallest absolute Gasteiger partial charge is 0.407 e. The Hall–Kier alpha value is -4.35. The Morgan fingerprint density at radius 2 is 1.95 bits per heavy atom. The predicted molar refractivity (Wildman–Crippen MR) is 147 cm³/mol. The summed E-state index contributed by atoms with van der Waals surface area (Å²) >= 11 is 0. The summed E-state index contributed by atoms with van der Waals surface area (Å²) in [6.45, 7) is 12.2. The lowest BCUT2D eigenvalue weighted by molar-refractivity contribution is -0.676. The highest BCUT2D eigenvalue weighted by atomic mass is 16.6. The van der Waals surface area contributed by atoms with Crippen LogP contribution in [0.4, 0.5) is 10.6 Å². The van der Waals surface area contributed by atoms with Crippen molar-refractivity contribution < 1.29 is 23.6 Å². The van der Waals surface area contributed by atoms with E-state index in [1.165, 1.54) is 0 Å². The van der Waals surface area contributed by atoms with Gasteiger partial charge in [0.1, 0.15) is 23.4 Å². The molecule has 0 bridgehead atoms. The molecule has 12 nitrogen and oxygen atoms in total. The fourth-order valence-electron chi connectivity index (χ4n) is 4.42. The first kappa shape index (κ1) is 27.7. The second-order valence-corrected chi connectivity index (χ2v) is 10.0. The second-order valence-electron chi connectivity index (χ2n) is 10.0. The highest BCUT2D eigenvalue weighted by Gasteiger charge is 2.25. The first-order valence-electron chi connectivity index (χ1n) is 13.1. The van der Waals surface area contributed by atoms with Crippen molar-refractivity contribution in [3.05, 3.63) is 42.0 Å². The van der Waals surface area contributed by atoms with Crippen molar-refractivity contribution in [1.29, 1.82) is 0 Å². The third-order valence-electron chi connectivity index (χ3n) is 6.08. The number of benzene rings is 1. The Bertz CT molecular complexity index is 1480. The number of rotatable bonds is 10. The Morgan fingerprint density at radius 3 is 2.67 bits per heavy atom. The van der Waals surface area contributed by atoms with E-state index in [1.807, 2.05) is 39.0 Å². The summed E-state index contributed by atoms with van der Waals surface area (Å²) in [4.78, 5) is 36.3. The predicted octanol–water partition coefficient (Wildman–Crippen LogP) is 3.05. The van der Waals surface area contributed by atoms with E-state index in [0.29, 0.717) is 37.3 Å². The van der Waals surface area contributed by atoms with Crippen LogP contribution >= 0.6 is 0 Å². The van der Waals surface area contributed by atoms with Crippen molar-refractivity contribution in [2.75, 3.05) is 18.9 Å². The van der Waals surface area contributed by atoms with E-state index in [4.69, 9.17) is 15.2 Å². The summed E-state index contributed by atoms with van der Waals surface area (Å²) < 4.78 is 15.5. The Labute approximate surface area is 226 Å². The molecule has 0 radical (unpaired) electrons. The SMILES string of the molecule is CCn1c(CNC(=O)c2nc3cc[nH]c3nc2N)[n+](CC)c2ccc(OCCCNC(=O)OC(C)(C)C)cc21. The number of ether oxygens (including phenoxy) is 2. The number of aromatic nitrogens is 5. The van der Waals surface area contributed by atoms with Gasteiger partial charge in [0, 0.05) is 18.8 Å². The first-order valence-corrected chi connectivity index (χ1v) is 13.1. The van der Waals surface area contributed by atoms with Gasteiger partial charge < -0.3 is 30.8 Å². The molecule has 3 heterocycles. The van der Waals surface area contributed by atoms with Gasteiger partial charge in [-0.25, -0.2) is 23.9 Å². The summed E-state index contributed by atoms with van der Waals surface area (Å²) in [5.74, 6) is 1.36. The van der Waals surface area contributed by atoms with Crippen molar-refractivity contribution >= 4 is 40.0 Å². The van der Waals surface area contributed by atoms with Crippen LogP contribution in [0.3, 0.4) is 0 Å². The quantitative estimate of drug-likeness (QED) is 0.179. The average Bonchev–Trinajstić information content (AvgIpc) is 3.45. The molecule has 0 spiro atoms. The maximum atomic E-state index is 13.0. The van der Waals surface area contributed by atoms with E-state index in [0.717, 1.165) is 29.2 Å². The zero-order chi connectivity index (χ0) is 28.2. The second kappa shape index (κ2) is 11.6. The van der Waals surface area contributed by atoms with E-state index in [9.17, 15) is 9.59 Å². The van der Waals surface area contributed by atoms with Crippen molar-refractivity contribution in [3.63, 3.8) is 0 Å². The lowest BCUT2D eigenvalue weighted by atomic mass is 10.2. The van der Waals surface area contributed by atoms with E-state index >= 15 is 0 Å². The number of hydrogen-bond donors (Lipinski definition) is 4. The number of aryl methyl sites for hydroxylation is 2. The van der Waals surface area contributed by atoms with Gasteiger partial charge >= 0.3 is 6.09 Å². The molecule has 0 aliphatic carbocycles. The minimum Gasteiger partial charge on any atom is -0.493 e. The molecule has 1 aromatic carbocycles. The van der Waals surface area contributed by atoms with Crippen molar-refractivity contribution in [3.8, 4) is 5.75 Å². The largest absolute Gasteiger partial charge is 0.493 e. The molecule has 0 unspecified atom stereocenters. The lowest BCUT2D eigenvalue weighted by Crippen LogP contribution is -2.40. The normalized spacial score (nSPS) is 11.6. The van der Waals surface area contributed by atoms with Gasteiger partial charge in [-0.05, 0) is 59.2 Å². The standard InChI is InChI=1S/C27H36N8O4/c1-6-34-19-10-9-17(38-14-8-12-30-26(37)39-27(3,4)5)15-20(19)35(7-2)21(34)16-31-25(36)22-23(28)33-24-18(32-22)11-13-29-24/h9-11,13,15H,6-8,12,14,16H2,1-5H3,(H4-,28,29,30,31,32,33,36,37)/p+1. The maximum absolute atomic E-state index is 13.0. The van der Waals surface area contributed by atoms with Crippen LogP contribution in [0.25, 0.3) is 22.2 Å². The monoisotopic (exact) mass is 537 g/mol. The molecule has 3 aromatic heterocycles. The fourth-order valence-corrected chi connectivity index (χ4v) is 4.42. The molecule has 208 valence electrons. The summed E-state index contributed by atoms with van der Waals surface area (Å²) in [5, 5.41) is 5.70. The number of amides is 2. The molecule has 0 atom stereocenters. The number of hydrogen-bond acceptors (Lipinski definition) is 7. The molecule has 2 amide bonds. The third-order valence-corrected chi connectivity index (χ3v) is 6.08. The Balaban J connectivity index is 1.44. The number of alkyl carbamates (subject to hydrolysis) is 1. The van der Waals surface area contributed by atoms with E-state index < -0.39 is 11.7 Å². The molecule has 5 N–H and O–H groups in total. The third kappa shape index (κ3) is 6.39. The molecule has 39 heavy (non-hydrogen) atoms. The van der Waals surface area contributed by atoms with Crippen molar-refractivity contribution in [1.82, 2.24) is 30.2 Å². The van der Waals surface area contributed by atoms with Crippen LogP contribution in [0.5, 0.6) is 5.75 Å². The van der Waals surface area contributed by atoms with Gasteiger partial charge in [-0.2, -0.15) is 0 Å². The number of nitrogens with two attached hydrogens (primary N) is 1. The first-order chi connectivity index (χ1) is 18.6. The minimum atomic E-state index is -0.528. The van der Waals surface area contributed by atoms with Crippen molar-refractivity contribution in [2.45, 2.75) is 66.3 Å². The maximum Gasteiger partial charge on any atom is 0.407 e. The van der Waals surface area contributed by atoms with Crippen molar-refractivity contribution in [2.24, 2.45) is 0 Å². The molecule has 0 saturated carbocycles. The molecular weight excluding hydrogens is 500 g/mol. The number of carbonyl (C=O) groups is 2. The average molecular weight is 538 g/mol. The molecule has 0 saturated heterocycles. The summed E-state index contributed by atoms with van der Waals surface area (Å²) in [6.07, 6.45) is 1.90. The van der Waals surface area contributed by atoms with Crippen LogP contribution in [0, 0.1) is 0 Å². The van der Waals surface area contributed by atoms with E-state index in [2.05, 4.69) is 48.6 Å². The van der Waals surface area contributed by atoms with Crippen LogP contribution in [-0.4, -0.2) is 50.3 Å². The van der Waals surface area contributed by atoms with Crippen LogP contribution in [-0.2, 0) is 24.4 Å². The Morgan fingerprint density at radius 1 is 1.15 bits per heavy atom. The van der Waals surface area contributed by atoms with Gasteiger partial charge in [-0.3, -0.25) is 4.79 Å². The van der Waals surface area contributed by atoms with Gasteiger partial charge in [0.25, 0.3) is 11.7 Å². The van der Waals surface area contributed by atoms with Gasteiger partial charge in [0.05, 0.1) is 19.7 Å². The molecular formula is C27H37N8O4+. The van der Waals surface area contributed by atoms with Crippen LogP contribution in [0.15, 0.2) is 30.5 Å². The number of nitrogen functional groups attached to an aromatic ring is 1. The molecule has 4 aromatic rings. The molecule has 4 rings (SSSR count). The minimum absolute atomic E-state index is 0.0740. The van der Waals surface area contributed by atoms with E-state index in [-0.39, 0.29) is 24.0 Å². The number of carbonyl (C=O) groups excluding carboxylic acids is 2. The van der Waals surface area contributed by atoms with E-state index in [1.54, 1.807) is 12.3 Å². The number of nitrogens with zero attached hydrogens (tertiary/aromatic N) is 4. The molecule has 0 fully saturated rings. The number of imidazole rings is 1. The van der Waals surface area contributed by atoms with Crippen LogP contribution < -0.4 is 25.7 Å². The summed E-state index contributed by atoms with van der Waals surface area (Å²) in [5.41, 5.74) is 8.72. The molecule has 0 aliphatic rings. The summed E-state index contributed by atoms with van der Waals surface area (Å²) in [7, 11) is 0.